The lowest BCUT2D eigenvalue weighted by Gasteiger charge is -2.34. The molecule has 0 radical (unpaired) electrons. The molecular weight excluding hydrogens is 242 g/mol. The van der Waals surface area contributed by atoms with Gasteiger partial charge in [0.05, 0.1) is 0 Å². The standard InChI is InChI=1S/C13H17N5O/c1-13(5-8-18(2)9-6-13)12-15-11(17-19-12)10-4-3-7-14-16-10/h3-4,7H,5-6,8-9H2,1-2H3. The van der Waals surface area contributed by atoms with E-state index in [-0.39, 0.29) is 5.41 Å². The lowest BCUT2D eigenvalue weighted by atomic mass is 9.80. The van der Waals surface area contributed by atoms with E-state index in [0.717, 1.165) is 25.9 Å². The molecule has 6 nitrogen and oxygen atoms in total. The van der Waals surface area contributed by atoms with E-state index in [2.05, 4.69) is 39.2 Å². The van der Waals surface area contributed by atoms with Gasteiger partial charge in [-0.1, -0.05) is 12.1 Å². The number of hydrogen-bond acceptors (Lipinski definition) is 6. The van der Waals surface area contributed by atoms with E-state index in [1.165, 1.54) is 0 Å². The van der Waals surface area contributed by atoms with Crippen LogP contribution in [-0.2, 0) is 5.41 Å². The molecular formula is C13H17N5O. The van der Waals surface area contributed by atoms with Gasteiger partial charge in [-0.15, -0.1) is 5.10 Å². The second-order valence-corrected chi connectivity index (χ2v) is 5.40. The Morgan fingerprint density at radius 1 is 1.32 bits per heavy atom. The van der Waals surface area contributed by atoms with Crippen LogP contribution >= 0.6 is 0 Å². The molecule has 0 bridgehead atoms. The van der Waals surface area contributed by atoms with Crippen LogP contribution in [0.3, 0.4) is 0 Å². The molecule has 6 heteroatoms. The maximum atomic E-state index is 5.45. The molecule has 0 N–H and O–H groups in total. The van der Waals surface area contributed by atoms with E-state index < -0.39 is 0 Å². The summed E-state index contributed by atoms with van der Waals surface area (Å²) < 4.78 is 5.45. The van der Waals surface area contributed by atoms with E-state index in [0.29, 0.717) is 17.4 Å². The number of nitrogens with zero attached hydrogens (tertiary/aromatic N) is 5. The third-order valence-electron chi connectivity index (χ3n) is 3.83. The van der Waals surface area contributed by atoms with Crippen LogP contribution in [0.1, 0.15) is 25.7 Å². The highest BCUT2D eigenvalue weighted by atomic mass is 16.5. The number of likely N-dealkylation sites (tertiary alicyclic amines) is 1. The molecule has 0 saturated carbocycles. The first-order chi connectivity index (χ1) is 9.17. The Bertz CT molecular complexity index is 545. The Morgan fingerprint density at radius 2 is 2.11 bits per heavy atom. The van der Waals surface area contributed by atoms with E-state index in [1.54, 1.807) is 6.20 Å². The van der Waals surface area contributed by atoms with Gasteiger partial charge < -0.3 is 9.42 Å². The average molecular weight is 259 g/mol. The molecule has 0 aliphatic carbocycles. The molecule has 2 aromatic heterocycles. The molecule has 1 aliphatic rings. The topological polar surface area (TPSA) is 67.9 Å². The monoisotopic (exact) mass is 259 g/mol. The van der Waals surface area contributed by atoms with Gasteiger partial charge in [0.25, 0.3) is 0 Å². The smallest absolute Gasteiger partial charge is 0.233 e. The number of piperidine rings is 1. The normalized spacial score (nSPS) is 19.5. The molecule has 1 saturated heterocycles. The Morgan fingerprint density at radius 3 is 2.79 bits per heavy atom. The first-order valence-electron chi connectivity index (χ1n) is 6.48. The van der Waals surface area contributed by atoms with E-state index >= 15 is 0 Å². The van der Waals surface area contributed by atoms with E-state index in [9.17, 15) is 0 Å². The Balaban J connectivity index is 1.85. The molecule has 0 atom stereocenters. The minimum atomic E-state index is -0.0278. The number of aromatic nitrogens is 4. The highest BCUT2D eigenvalue weighted by molar-refractivity contribution is 5.46. The molecule has 2 aromatic rings. The highest BCUT2D eigenvalue weighted by Crippen LogP contribution is 2.34. The molecule has 1 aliphatic heterocycles. The van der Waals surface area contributed by atoms with Crippen molar-refractivity contribution in [1.82, 2.24) is 25.2 Å². The summed E-state index contributed by atoms with van der Waals surface area (Å²) in [7, 11) is 2.14. The summed E-state index contributed by atoms with van der Waals surface area (Å²) in [6, 6.07) is 3.65. The van der Waals surface area contributed by atoms with Gasteiger partial charge in [0.1, 0.15) is 5.69 Å². The quantitative estimate of drug-likeness (QED) is 0.814. The van der Waals surface area contributed by atoms with Gasteiger partial charge in [-0.2, -0.15) is 10.1 Å². The third-order valence-corrected chi connectivity index (χ3v) is 3.83. The van der Waals surface area contributed by atoms with Crippen LogP contribution in [0.2, 0.25) is 0 Å². The molecule has 1 fully saturated rings. The van der Waals surface area contributed by atoms with Crippen LogP contribution in [-0.4, -0.2) is 45.4 Å². The molecule has 0 spiro atoms. The number of hydrogen-bond donors (Lipinski definition) is 0. The minimum Gasteiger partial charge on any atom is -0.338 e. The summed E-state index contributed by atoms with van der Waals surface area (Å²) in [4.78, 5) is 6.82. The fraction of sp³-hybridized carbons (Fsp3) is 0.538. The van der Waals surface area contributed by atoms with Crippen molar-refractivity contribution in [3.63, 3.8) is 0 Å². The maximum Gasteiger partial charge on any atom is 0.233 e. The van der Waals surface area contributed by atoms with Gasteiger partial charge in [0.2, 0.25) is 11.7 Å². The summed E-state index contributed by atoms with van der Waals surface area (Å²) in [6.07, 6.45) is 3.69. The SMILES string of the molecule is CN1CCC(C)(c2nc(-c3cccnn3)no2)CC1. The molecule has 100 valence electrons. The van der Waals surface area contributed by atoms with Crippen molar-refractivity contribution in [2.45, 2.75) is 25.2 Å². The van der Waals surface area contributed by atoms with Crippen LogP contribution < -0.4 is 0 Å². The zero-order valence-corrected chi connectivity index (χ0v) is 11.2. The largest absolute Gasteiger partial charge is 0.338 e. The van der Waals surface area contributed by atoms with Crippen molar-refractivity contribution in [3.05, 3.63) is 24.2 Å². The van der Waals surface area contributed by atoms with E-state index in [1.807, 2.05) is 12.1 Å². The van der Waals surface area contributed by atoms with Crippen molar-refractivity contribution < 1.29 is 4.52 Å². The fourth-order valence-corrected chi connectivity index (χ4v) is 2.32. The van der Waals surface area contributed by atoms with Gasteiger partial charge in [0, 0.05) is 11.6 Å². The molecule has 0 aromatic carbocycles. The molecule has 0 amide bonds. The van der Waals surface area contributed by atoms with Crippen LogP contribution in [0.25, 0.3) is 11.5 Å². The molecule has 3 rings (SSSR count). The van der Waals surface area contributed by atoms with Gasteiger partial charge in [0.15, 0.2) is 0 Å². The molecule has 3 heterocycles. The summed E-state index contributed by atoms with van der Waals surface area (Å²) in [6.45, 7) is 4.30. The summed E-state index contributed by atoms with van der Waals surface area (Å²) in [5.74, 6) is 1.23. The van der Waals surface area contributed by atoms with Crippen LogP contribution in [0.15, 0.2) is 22.9 Å². The minimum absolute atomic E-state index is 0.0278. The first kappa shape index (κ1) is 12.2. The number of rotatable bonds is 2. The first-order valence-corrected chi connectivity index (χ1v) is 6.48. The highest BCUT2D eigenvalue weighted by Gasteiger charge is 2.36. The van der Waals surface area contributed by atoms with E-state index in [4.69, 9.17) is 4.52 Å². The molecule has 19 heavy (non-hydrogen) atoms. The van der Waals surface area contributed by atoms with Gasteiger partial charge >= 0.3 is 0 Å². The van der Waals surface area contributed by atoms with Crippen molar-refractivity contribution in [2.75, 3.05) is 20.1 Å². The zero-order valence-electron chi connectivity index (χ0n) is 11.2. The maximum absolute atomic E-state index is 5.45. The third kappa shape index (κ3) is 2.35. The van der Waals surface area contributed by atoms with Crippen molar-refractivity contribution in [1.29, 1.82) is 0 Å². The molecule has 0 unspecified atom stereocenters. The van der Waals surface area contributed by atoms with Crippen molar-refractivity contribution in [3.8, 4) is 11.5 Å². The Labute approximate surface area is 111 Å². The zero-order chi connectivity index (χ0) is 13.3. The van der Waals surface area contributed by atoms with Gasteiger partial charge in [-0.05, 0) is 45.1 Å². The van der Waals surface area contributed by atoms with Crippen LogP contribution in [0.5, 0.6) is 0 Å². The second kappa shape index (κ2) is 4.70. The van der Waals surface area contributed by atoms with Crippen molar-refractivity contribution >= 4 is 0 Å². The summed E-state index contributed by atoms with van der Waals surface area (Å²) >= 11 is 0. The van der Waals surface area contributed by atoms with Crippen LogP contribution in [0.4, 0.5) is 0 Å². The predicted octanol–water partition coefficient (Wildman–Crippen LogP) is 1.51. The lowest BCUT2D eigenvalue weighted by molar-refractivity contribution is 0.165. The summed E-state index contributed by atoms with van der Waals surface area (Å²) in [5.41, 5.74) is 0.619. The predicted molar refractivity (Wildman–Crippen MR) is 69.4 cm³/mol. The Hall–Kier alpha value is -1.82. The fourth-order valence-electron chi connectivity index (χ4n) is 2.32. The van der Waals surface area contributed by atoms with Crippen molar-refractivity contribution in [2.24, 2.45) is 0 Å². The lowest BCUT2D eigenvalue weighted by Crippen LogP contribution is -2.39. The second-order valence-electron chi connectivity index (χ2n) is 5.40. The van der Waals surface area contributed by atoms with Gasteiger partial charge in [-0.3, -0.25) is 0 Å². The summed E-state index contributed by atoms with van der Waals surface area (Å²) in [5, 5.41) is 11.9. The Kier molecular flexibility index (Phi) is 3.02. The van der Waals surface area contributed by atoms with Gasteiger partial charge in [-0.25, -0.2) is 0 Å². The average Bonchev–Trinajstić information content (AvgIpc) is 2.94. The van der Waals surface area contributed by atoms with Crippen LogP contribution in [0, 0.1) is 0 Å².